The molecule has 106 valence electrons. The molecule has 0 aliphatic heterocycles. The first-order valence-electron chi connectivity index (χ1n) is 6.38. The first-order chi connectivity index (χ1) is 9.27. The van der Waals surface area contributed by atoms with Crippen molar-refractivity contribution in [2.45, 2.75) is 26.2 Å². The minimum Gasteiger partial charge on any atom is -0.322 e. The Morgan fingerprint density at radius 2 is 1.85 bits per heavy atom. The van der Waals surface area contributed by atoms with Crippen LogP contribution in [0, 0.1) is 0 Å². The van der Waals surface area contributed by atoms with Crippen LogP contribution in [0.4, 0.5) is 5.69 Å². The van der Waals surface area contributed by atoms with Crippen LogP contribution in [0.5, 0.6) is 0 Å². The molecule has 1 amide bonds. The Hall–Kier alpha value is -1.81. The summed E-state index contributed by atoms with van der Waals surface area (Å²) in [6, 6.07) is 7.81. The molecule has 1 aromatic heterocycles. The maximum absolute atomic E-state index is 12.1. The number of aryl methyl sites for hydroxylation is 1. The van der Waals surface area contributed by atoms with Gasteiger partial charge in [-0.2, -0.15) is 5.10 Å². The number of nitrogens with zero attached hydrogens (tertiary/aromatic N) is 2. The summed E-state index contributed by atoms with van der Waals surface area (Å²) in [5, 5.41) is 6.96. The third kappa shape index (κ3) is 3.20. The fraction of sp³-hybridized carbons (Fsp3) is 0.333. The van der Waals surface area contributed by atoms with Gasteiger partial charge in [-0.05, 0) is 23.1 Å². The van der Waals surface area contributed by atoms with Gasteiger partial charge in [0.25, 0.3) is 5.91 Å². The Morgan fingerprint density at radius 3 is 2.30 bits per heavy atom. The molecule has 0 aliphatic carbocycles. The number of halogens is 1. The highest BCUT2D eigenvalue weighted by Crippen LogP contribution is 2.24. The van der Waals surface area contributed by atoms with Crippen molar-refractivity contribution in [1.29, 1.82) is 0 Å². The molecule has 0 saturated carbocycles. The molecule has 1 aromatic carbocycles. The van der Waals surface area contributed by atoms with Crippen LogP contribution in [0.2, 0.25) is 5.15 Å². The van der Waals surface area contributed by atoms with E-state index in [4.69, 9.17) is 11.6 Å². The van der Waals surface area contributed by atoms with E-state index in [0.29, 0.717) is 5.56 Å². The number of carbonyl (C=O) groups excluding carboxylic acids is 1. The van der Waals surface area contributed by atoms with Gasteiger partial charge in [0.2, 0.25) is 0 Å². The minimum atomic E-state index is -0.258. The lowest BCUT2D eigenvalue weighted by Crippen LogP contribution is -2.13. The Morgan fingerprint density at radius 1 is 1.25 bits per heavy atom. The van der Waals surface area contributed by atoms with Crippen molar-refractivity contribution >= 4 is 23.2 Å². The highest BCUT2D eigenvalue weighted by Gasteiger charge is 2.16. The van der Waals surface area contributed by atoms with Crippen LogP contribution < -0.4 is 5.32 Å². The van der Waals surface area contributed by atoms with Crippen LogP contribution in [0.3, 0.4) is 0 Å². The molecule has 2 aromatic rings. The molecule has 0 aliphatic rings. The van der Waals surface area contributed by atoms with E-state index in [1.807, 2.05) is 24.3 Å². The van der Waals surface area contributed by atoms with Crippen LogP contribution >= 0.6 is 11.6 Å². The fourth-order valence-corrected chi connectivity index (χ4v) is 2.12. The Bertz CT molecular complexity index is 624. The van der Waals surface area contributed by atoms with Gasteiger partial charge in [0.05, 0.1) is 5.56 Å². The SMILES string of the molecule is Cn1cc(C(=O)Nc2ccc(C(C)(C)C)cc2)c(Cl)n1. The molecule has 1 heterocycles. The van der Waals surface area contributed by atoms with E-state index in [9.17, 15) is 4.79 Å². The van der Waals surface area contributed by atoms with Gasteiger partial charge in [0.15, 0.2) is 5.15 Å². The van der Waals surface area contributed by atoms with Crippen molar-refractivity contribution in [3.05, 3.63) is 46.7 Å². The predicted octanol–water partition coefficient (Wildman–Crippen LogP) is 3.62. The third-order valence-corrected chi connectivity index (χ3v) is 3.32. The molecule has 0 spiro atoms. The maximum atomic E-state index is 12.1. The van der Waals surface area contributed by atoms with Gasteiger partial charge in [0.1, 0.15) is 0 Å². The largest absolute Gasteiger partial charge is 0.322 e. The maximum Gasteiger partial charge on any atom is 0.260 e. The summed E-state index contributed by atoms with van der Waals surface area (Å²) in [7, 11) is 1.72. The van der Waals surface area contributed by atoms with Crippen molar-refractivity contribution < 1.29 is 4.79 Å². The van der Waals surface area contributed by atoms with E-state index >= 15 is 0 Å². The average Bonchev–Trinajstić information content (AvgIpc) is 2.68. The van der Waals surface area contributed by atoms with Gasteiger partial charge in [-0.25, -0.2) is 0 Å². The topological polar surface area (TPSA) is 46.9 Å². The van der Waals surface area contributed by atoms with E-state index in [2.05, 4.69) is 31.2 Å². The number of anilines is 1. The van der Waals surface area contributed by atoms with E-state index in [1.54, 1.807) is 13.2 Å². The molecule has 0 atom stereocenters. The molecule has 2 rings (SSSR count). The molecule has 1 N–H and O–H groups in total. The minimum absolute atomic E-state index is 0.0925. The Kier molecular flexibility index (Phi) is 3.86. The van der Waals surface area contributed by atoms with Crippen LogP contribution in [-0.4, -0.2) is 15.7 Å². The zero-order chi connectivity index (χ0) is 14.9. The number of rotatable bonds is 2. The van der Waals surface area contributed by atoms with Gasteiger partial charge in [0, 0.05) is 18.9 Å². The zero-order valence-corrected chi connectivity index (χ0v) is 12.8. The highest BCUT2D eigenvalue weighted by molar-refractivity contribution is 6.33. The molecule has 0 radical (unpaired) electrons. The van der Waals surface area contributed by atoms with Crippen molar-refractivity contribution in [2.24, 2.45) is 7.05 Å². The summed E-state index contributed by atoms with van der Waals surface area (Å²) >= 11 is 5.90. The molecule has 20 heavy (non-hydrogen) atoms. The smallest absolute Gasteiger partial charge is 0.260 e. The fourth-order valence-electron chi connectivity index (χ4n) is 1.87. The molecule has 0 unspecified atom stereocenters. The molecular weight excluding hydrogens is 274 g/mol. The molecule has 0 bridgehead atoms. The molecular formula is C15H18ClN3O. The molecule has 4 nitrogen and oxygen atoms in total. The lowest BCUT2D eigenvalue weighted by molar-refractivity contribution is 0.102. The number of nitrogens with one attached hydrogen (secondary N) is 1. The Labute approximate surface area is 123 Å². The predicted molar refractivity (Wildman–Crippen MR) is 81.3 cm³/mol. The van der Waals surface area contributed by atoms with Crippen LogP contribution in [0.25, 0.3) is 0 Å². The van der Waals surface area contributed by atoms with Gasteiger partial charge in [-0.1, -0.05) is 44.5 Å². The van der Waals surface area contributed by atoms with Crippen molar-refractivity contribution in [3.8, 4) is 0 Å². The first kappa shape index (κ1) is 14.6. The van der Waals surface area contributed by atoms with Crippen LogP contribution in [-0.2, 0) is 12.5 Å². The molecule has 0 fully saturated rings. The summed E-state index contributed by atoms with van der Waals surface area (Å²) in [5.74, 6) is -0.258. The van der Waals surface area contributed by atoms with Gasteiger partial charge in [-0.15, -0.1) is 0 Å². The number of hydrogen-bond donors (Lipinski definition) is 1. The van der Waals surface area contributed by atoms with Gasteiger partial charge >= 0.3 is 0 Å². The zero-order valence-electron chi connectivity index (χ0n) is 12.1. The van der Waals surface area contributed by atoms with E-state index in [-0.39, 0.29) is 16.5 Å². The second-order valence-corrected chi connectivity index (χ2v) is 6.15. The number of benzene rings is 1. The number of aromatic nitrogens is 2. The lowest BCUT2D eigenvalue weighted by Gasteiger charge is -2.19. The quantitative estimate of drug-likeness (QED) is 0.918. The Balaban J connectivity index is 2.14. The molecule has 5 heteroatoms. The summed E-state index contributed by atoms with van der Waals surface area (Å²) in [6.07, 6.45) is 1.60. The average molecular weight is 292 g/mol. The monoisotopic (exact) mass is 291 g/mol. The number of carbonyl (C=O) groups is 1. The third-order valence-electron chi connectivity index (χ3n) is 3.04. The van der Waals surface area contributed by atoms with E-state index in [0.717, 1.165) is 5.69 Å². The summed E-state index contributed by atoms with van der Waals surface area (Å²) < 4.78 is 1.51. The van der Waals surface area contributed by atoms with E-state index < -0.39 is 0 Å². The molecule has 0 saturated heterocycles. The van der Waals surface area contributed by atoms with Crippen LogP contribution in [0.15, 0.2) is 30.5 Å². The van der Waals surface area contributed by atoms with Crippen molar-refractivity contribution in [1.82, 2.24) is 9.78 Å². The van der Waals surface area contributed by atoms with Crippen LogP contribution in [0.1, 0.15) is 36.7 Å². The normalized spacial score (nSPS) is 11.4. The van der Waals surface area contributed by atoms with E-state index in [1.165, 1.54) is 10.2 Å². The standard InChI is InChI=1S/C15H18ClN3O/c1-15(2,3)10-5-7-11(8-6-10)17-14(20)12-9-19(4)18-13(12)16/h5-9H,1-4H3,(H,17,20). The number of amides is 1. The highest BCUT2D eigenvalue weighted by atomic mass is 35.5. The number of hydrogen-bond acceptors (Lipinski definition) is 2. The second-order valence-electron chi connectivity index (χ2n) is 5.79. The summed E-state index contributed by atoms with van der Waals surface area (Å²) in [4.78, 5) is 12.1. The summed E-state index contributed by atoms with van der Waals surface area (Å²) in [6.45, 7) is 6.45. The second kappa shape index (κ2) is 5.29. The van der Waals surface area contributed by atoms with Gasteiger partial charge < -0.3 is 5.32 Å². The van der Waals surface area contributed by atoms with Gasteiger partial charge in [-0.3, -0.25) is 9.48 Å². The lowest BCUT2D eigenvalue weighted by atomic mass is 9.87. The van der Waals surface area contributed by atoms with Crippen molar-refractivity contribution in [3.63, 3.8) is 0 Å². The first-order valence-corrected chi connectivity index (χ1v) is 6.76. The summed E-state index contributed by atoms with van der Waals surface area (Å²) in [5.41, 5.74) is 2.42. The van der Waals surface area contributed by atoms with Crippen molar-refractivity contribution in [2.75, 3.05) is 5.32 Å².